The van der Waals surface area contributed by atoms with Crippen molar-refractivity contribution in [1.29, 1.82) is 0 Å². The minimum absolute atomic E-state index is 0.000000000000000444. The van der Waals surface area contributed by atoms with E-state index in [0.717, 1.165) is 0 Å². The van der Waals surface area contributed by atoms with Gasteiger partial charge in [-0.2, -0.15) is 0 Å². The summed E-state index contributed by atoms with van der Waals surface area (Å²) in [5.74, 6) is -0.146. The van der Waals surface area contributed by atoms with Crippen molar-refractivity contribution in [3.8, 4) is 0 Å². The maximum Gasteiger partial charge on any atom is 0.246 e. The van der Waals surface area contributed by atoms with Crippen molar-refractivity contribution in [2.24, 2.45) is 11.3 Å². The molecule has 0 bridgehead atoms. The summed E-state index contributed by atoms with van der Waals surface area (Å²) in [5.41, 5.74) is -0.101. The highest BCUT2D eigenvalue weighted by atomic mass is 16.2. The number of imide groups is 1. The van der Waals surface area contributed by atoms with Crippen LogP contribution in [0.3, 0.4) is 0 Å². The average Bonchev–Trinajstić information content (AvgIpc) is 2.25. The lowest BCUT2D eigenvalue weighted by Crippen LogP contribution is -2.35. The lowest BCUT2D eigenvalue weighted by Gasteiger charge is -2.24. The zero-order valence-corrected chi connectivity index (χ0v) is 8.76. The summed E-state index contributed by atoms with van der Waals surface area (Å²) in [5, 5.41) is 0. The minimum Gasteiger partial charge on any atom is -0.333 e. The Labute approximate surface area is 79.7 Å². The lowest BCUT2D eigenvalue weighted by atomic mass is 9.79. The summed E-state index contributed by atoms with van der Waals surface area (Å²) in [7, 11) is 0.504. The topological polar surface area (TPSA) is 37.4 Å². The molecule has 1 heterocycles. The highest BCUT2D eigenvalue weighted by Crippen LogP contribution is 2.34. The molecule has 13 heavy (non-hydrogen) atoms. The van der Waals surface area contributed by atoms with E-state index in [1.165, 1.54) is 4.81 Å². The van der Waals surface area contributed by atoms with Crippen molar-refractivity contribution < 1.29 is 9.59 Å². The van der Waals surface area contributed by atoms with E-state index in [0.29, 0.717) is 13.8 Å². The second-order valence-electron chi connectivity index (χ2n) is 4.60. The fraction of sp³-hybridized carbons (Fsp3) is 0.778. The van der Waals surface area contributed by atoms with Gasteiger partial charge in [0.2, 0.25) is 19.2 Å². The second kappa shape index (κ2) is 3.16. The molecule has 0 aromatic rings. The third kappa shape index (κ3) is 1.76. The molecule has 0 N–H and O–H groups in total. The Kier molecular flexibility index (Phi) is 2.50. The van der Waals surface area contributed by atoms with E-state index in [4.69, 9.17) is 0 Å². The van der Waals surface area contributed by atoms with E-state index in [2.05, 4.69) is 0 Å². The molecule has 1 rings (SSSR count). The van der Waals surface area contributed by atoms with Gasteiger partial charge >= 0.3 is 0 Å². The molecule has 1 fully saturated rings. The van der Waals surface area contributed by atoms with Gasteiger partial charge in [0.1, 0.15) is 0 Å². The standard InChI is InChI=1S/C9H16BNO2/c1-9(2,3)6-5-7(12)11(10-4)8(6)13/h6,10H,5H2,1-4H3. The Balaban J connectivity index is 2.85. The van der Waals surface area contributed by atoms with Gasteiger partial charge in [0.05, 0.1) is 5.92 Å². The van der Waals surface area contributed by atoms with Crippen LogP contribution in [0.4, 0.5) is 0 Å². The first kappa shape index (κ1) is 10.3. The molecule has 1 aliphatic heterocycles. The molecule has 1 aliphatic rings. The molecule has 0 radical (unpaired) electrons. The molecule has 1 unspecified atom stereocenters. The number of carbonyl (C=O) groups excluding carboxylic acids is 2. The Morgan fingerprint density at radius 3 is 2.15 bits per heavy atom. The van der Waals surface area contributed by atoms with Crippen molar-refractivity contribution in [3.63, 3.8) is 0 Å². The van der Waals surface area contributed by atoms with Gasteiger partial charge in [-0.1, -0.05) is 27.6 Å². The van der Waals surface area contributed by atoms with Gasteiger partial charge in [-0.25, -0.2) is 0 Å². The third-order valence-corrected chi connectivity index (χ3v) is 2.61. The normalized spacial score (nSPS) is 24.0. The molecular formula is C9H16BNO2. The van der Waals surface area contributed by atoms with Crippen LogP contribution in [0.25, 0.3) is 0 Å². The number of rotatable bonds is 1. The largest absolute Gasteiger partial charge is 0.333 e. The molecule has 0 aromatic carbocycles. The summed E-state index contributed by atoms with van der Waals surface area (Å²) in [6.07, 6.45) is 0.385. The first-order valence-corrected chi connectivity index (χ1v) is 4.72. The number of hydrogen-bond donors (Lipinski definition) is 0. The Morgan fingerprint density at radius 1 is 1.38 bits per heavy atom. The number of nitrogens with zero attached hydrogens (tertiary/aromatic N) is 1. The van der Waals surface area contributed by atoms with Gasteiger partial charge in [0.25, 0.3) is 0 Å². The molecule has 0 aliphatic carbocycles. The lowest BCUT2D eigenvalue weighted by molar-refractivity contribution is -0.134. The van der Waals surface area contributed by atoms with E-state index in [9.17, 15) is 9.59 Å². The van der Waals surface area contributed by atoms with Crippen LogP contribution < -0.4 is 0 Å². The van der Waals surface area contributed by atoms with Crippen LogP contribution in [-0.2, 0) is 9.59 Å². The summed E-state index contributed by atoms with van der Waals surface area (Å²) in [6.45, 7) is 7.84. The molecule has 0 spiro atoms. The van der Waals surface area contributed by atoms with Crippen LogP contribution in [0.15, 0.2) is 0 Å². The van der Waals surface area contributed by atoms with Gasteiger partial charge in [0.15, 0.2) is 0 Å². The maximum atomic E-state index is 11.7. The zero-order chi connectivity index (χ0) is 10.2. The number of hydrogen-bond acceptors (Lipinski definition) is 2. The molecular weight excluding hydrogens is 165 g/mol. The van der Waals surface area contributed by atoms with Crippen LogP contribution in [0.5, 0.6) is 0 Å². The van der Waals surface area contributed by atoms with Crippen molar-refractivity contribution >= 4 is 19.2 Å². The van der Waals surface area contributed by atoms with E-state index in [-0.39, 0.29) is 23.1 Å². The van der Waals surface area contributed by atoms with Crippen molar-refractivity contribution in [3.05, 3.63) is 0 Å². The van der Waals surface area contributed by atoms with Gasteiger partial charge in [-0.05, 0) is 5.41 Å². The molecule has 1 atom stereocenters. The smallest absolute Gasteiger partial charge is 0.246 e. The van der Waals surface area contributed by atoms with E-state index in [1.54, 1.807) is 0 Å². The van der Waals surface area contributed by atoms with Crippen LogP contribution in [0, 0.1) is 11.3 Å². The summed E-state index contributed by atoms with van der Waals surface area (Å²) in [4.78, 5) is 24.4. The van der Waals surface area contributed by atoms with Crippen molar-refractivity contribution in [2.45, 2.75) is 34.0 Å². The fourth-order valence-electron chi connectivity index (χ4n) is 1.69. The Morgan fingerprint density at radius 2 is 1.92 bits per heavy atom. The zero-order valence-electron chi connectivity index (χ0n) is 8.76. The third-order valence-electron chi connectivity index (χ3n) is 2.61. The van der Waals surface area contributed by atoms with Gasteiger partial charge in [0, 0.05) is 6.42 Å². The first-order valence-electron chi connectivity index (χ1n) is 4.72. The summed E-state index contributed by atoms with van der Waals surface area (Å²) in [6, 6.07) is 0. The number of amides is 2. The van der Waals surface area contributed by atoms with Crippen LogP contribution >= 0.6 is 0 Å². The molecule has 0 aromatic heterocycles. The first-order chi connectivity index (χ1) is 5.88. The predicted octanol–water partition coefficient (Wildman–Crippen LogP) is 0.807. The van der Waals surface area contributed by atoms with Crippen LogP contribution in [0.1, 0.15) is 27.2 Å². The second-order valence-corrected chi connectivity index (χ2v) is 4.60. The molecule has 3 nitrogen and oxygen atoms in total. The van der Waals surface area contributed by atoms with Gasteiger partial charge in [-0.3, -0.25) is 9.59 Å². The van der Waals surface area contributed by atoms with Gasteiger partial charge < -0.3 is 4.81 Å². The molecule has 4 heteroatoms. The molecule has 0 saturated carbocycles. The van der Waals surface area contributed by atoms with Crippen molar-refractivity contribution in [2.75, 3.05) is 0 Å². The van der Waals surface area contributed by atoms with Crippen molar-refractivity contribution in [1.82, 2.24) is 4.81 Å². The maximum absolute atomic E-state index is 11.7. The van der Waals surface area contributed by atoms with E-state index >= 15 is 0 Å². The molecule has 1 saturated heterocycles. The highest BCUT2D eigenvalue weighted by Gasteiger charge is 2.43. The average molecular weight is 181 g/mol. The van der Waals surface area contributed by atoms with Gasteiger partial charge in [-0.15, -0.1) is 0 Å². The van der Waals surface area contributed by atoms with E-state index < -0.39 is 0 Å². The minimum atomic E-state index is -0.125. The quantitative estimate of drug-likeness (QED) is 0.443. The molecule has 72 valence electrons. The Bertz CT molecular complexity index is 244. The summed E-state index contributed by atoms with van der Waals surface area (Å²) >= 11 is 0. The number of carbonyl (C=O) groups is 2. The van der Waals surface area contributed by atoms with Crippen LogP contribution in [0.2, 0.25) is 6.82 Å². The van der Waals surface area contributed by atoms with Crippen LogP contribution in [-0.4, -0.2) is 24.0 Å². The molecule has 2 amide bonds. The highest BCUT2D eigenvalue weighted by molar-refractivity contribution is 6.42. The predicted molar refractivity (Wildman–Crippen MR) is 52.4 cm³/mol. The Hall–Kier alpha value is -0.795. The van der Waals surface area contributed by atoms with E-state index in [1.807, 2.05) is 27.6 Å². The summed E-state index contributed by atoms with van der Waals surface area (Å²) < 4.78 is 0. The fourth-order valence-corrected chi connectivity index (χ4v) is 1.69. The monoisotopic (exact) mass is 181 g/mol. The SMILES string of the molecule is CBN1C(=O)CC(C(C)(C)C)C1=O.